The van der Waals surface area contributed by atoms with Crippen LogP contribution in [0.3, 0.4) is 0 Å². The van der Waals surface area contributed by atoms with Crippen molar-refractivity contribution in [1.29, 1.82) is 5.26 Å². The van der Waals surface area contributed by atoms with Crippen molar-refractivity contribution in [3.8, 4) is 53.3 Å². The van der Waals surface area contributed by atoms with E-state index in [9.17, 15) is 5.11 Å². The van der Waals surface area contributed by atoms with Crippen molar-refractivity contribution >= 4 is 42.0 Å². The van der Waals surface area contributed by atoms with Gasteiger partial charge in [-0.1, -0.05) is 24.0 Å². The smallest absolute Gasteiger partial charge is 0.318 e. The number of aromatic hydroxyl groups is 1. The lowest BCUT2D eigenvalue weighted by molar-refractivity contribution is 0.380. The minimum absolute atomic E-state index is 0.00749. The number of nitrogens with zero attached hydrogens (tertiary/aromatic N) is 5. The van der Waals surface area contributed by atoms with Crippen molar-refractivity contribution in [2.75, 3.05) is 25.1 Å². The van der Waals surface area contributed by atoms with Crippen molar-refractivity contribution in [1.82, 2.24) is 20.3 Å². The van der Waals surface area contributed by atoms with E-state index in [1.165, 1.54) is 13.2 Å². The summed E-state index contributed by atoms with van der Waals surface area (Å²) in [5.41, 5.74) is 1.09. The zero-order valence-corrected chi connectivity index (χ0v) is 23.5. The molecule has 2 saturated heterocycles. The second-order valence-electron chi connectivity index (χ2n) is 10.1. The first-order valence-corrected chi connectivity index (χ1v) is 13.8. The molecule has 2 aromatic heterocycles. The van der Waals surface area contributed by atoms with Crippen molar-refractivity contribution in [2.24, 2.45) is 0 Å². The van der Waals surface area contributed by atoms with Crippen LogP contribution in [0.25, 0.3) is 32.9 Å². The highest BCUT2D eigenvalue weighted by Gasteiger charge is 2.35. The maximum atomic E-state index is 16.7. The van der Waals surface area contributed by atoms with Crippen molar-refractivity contribution in [2.45, 2.75) is 37.8 Å². The Morgan fingerprint density at radius 3 is 2.66 bits per heavy atom. The number of phenolic OH excluding ortho intramolecular Hbond substituents is 1. The number of anilines is 1. The van der Waals surface area contributed by atoms with Gasteiger partial charge in [0, 0.05) is 54.5 Å². The monoisotopic (exact) mass is 564 g/mol. The summed E-state index contributed by atoms with van der Waals surface area (Å²) in [6.45, 7) is 1.38. The molecule has 8 nitrogen and oxygen atoms in total. The SMILES string of the molecule is C#Cc1c(P)ccc2cc(O)cc(-c3nc(C#CCCC#N)c4c(N5CC6CCC(C5)N6)nc(OC)nc4c3F)c12. The van der Waals surface area contributed by atoms with Crippen molar-refractivity contribution in [3.63, 3.8) is 0 Å². The quantitative estimate of drug-likeness (QED) is 0.219. The molecule has 3 unspecified atom stereocenters. The molecule has 4 heterocycles. The van der Waals surface area contributed by atoms with E-state index in [1.807, 2.05) is 12.1 Å². The lowest BCUT2D eigenvalue weighted by Gasteiger charge is -2.34. The molecule has 2 aliphatic rings. The van der Waals surface area contributed by atoms with Crippen LogP contribution < -0.4 is 20.3 Å². The molecule has 2 aromatic carbocycles. The number of ether oxygens (including phenoxy) is 1. The van der Waals surface area contributed by atoms with Crippen LogP contribution in [0.4, 0.5) is 10.2 Å². The molecule has 3 atom stereocenters. The van der Waals surface area contributed by atoms with Gasteiger partial charge in [0.15, 0.2) is 5.82 Å². The summed E-state index contributed by atoms with van der Waals surface area (Å²) in [5, 5.41) is 25.6. The van der Waals surface area contributed by atoms with Gasteiger partial charge in [0.2, 0.25) is 0 Å². The Bertz CT molecular complexity index is 1860. The molecule has 0 aliphatic carbocycles. The minimum Gasteiger partial charge on any atom is -0.508 e. The summed E-state index contributed by atoms with van der Waals surface area (Å²) < 4.78 is 22.2. The Hall–Kier alpha value is -4.48. The van der Waals surface area contributed by atoms with Gasteiger partial charge >= 0.3 is 6.01 Å². The summed E-state index contributed by atoms with van der Waals surface area (Å²) in [6, 6.07) is 9.37. The maximum absolute atomic E-state index is 16.7. The number of methoxy groups -OCH3 is 1. The first-order valence-electron chi connectivity index (χ1n) is 13.3. The molecule has 2 fully saturated rings. The van der Waals surface area contributed by atoms with Crippen LogP contribution in [-0.4, -0.2) is 52.3 Å². The Balaban J connectivity index is 1.68. The second-order valence-corrected chi connectivity index (χ2v) is 10.8. The number of fused-ring (bicyclic) bond motifs is 4. The Morgan fingerprint density at radius 2 is 1.95 bits per heavy atom. The molecule has 10 heteroatoms. The van der Waals surface area contributed by atoms with Gasteiger partial charge in [-0.2, -0.15) is 15.2 Å². The highest BCUT2D eigenvalue weighted by molar-refractivity contribution is 7.27. The van der Waals surface area contributed by atoms with Gasteiger partial charge in [-0.3, -0.25) is 0 Å². The fourth-order valence-corrected chi connectivity index (χ4v) is 6.09. The zero-order chi connectivity index (χ0) is 28.7. The average Bonchev–Trinajstić information content (AvgIpc) is 3.32. The van der Waals surface area contributed by atoms with Gasteiger partial charge in [0.25, 0.3) is 0 Å². The highest BCUT2D eigenvalue weighted by Crippen LogP contribution is 2.40. The first-order chi connectivity index (χ1) is 19.9. The van der Waals surface area contributed by atoms with Crippen molar-refractivity contribution < 1.29 is 14.2 Å². The number of aromatic nitrogens is 3. The van der Waals surface area contributed by atoms with E-state index in [1.54, 1.807) is 6.07 Å². The third-order valence-electron chi connectivity index (χ3n) is 7.55. The number of hydrogen-bond donors (Lipinski definition) is 2. The predicted molar refractivity (Wildman–Crippen MR) is 160 cm³/mol. The Morgan fingerprint density at radius 1 is 1.17 bits per heavy atom. The number of hydrogen-bond acceptors (Lipinski definition) is 8. The molecular weight excluding hydrogens is 538 g/mol. The van der Waals surface area contributed by atoms with Gasteiger partial charge < -0.3 is 20.1 Å². The average molecular weight is 565 g/mol. The summed E-state index contributed by atoms with van der Waals surface area (Å²) in [5.74, 6) is 8.51. The molecule has 2 N–H and O–H groups in total. The van der Waals surface area contributed by atoms with E-state index in [-0.39, 0.29) is 35.1 Å². The lowest BCUT2D eigenvalue weighted by Crippen LogP contribution is -2.51. The number of rotatable bonds is 4. The normalized spacial score (nSPS) is 17.6. The second kappa shape index (κ2) is 10.8. The van der Waals surface area contributed by atoms with Crippen LogP contribution in [0.15, 0.2) is 24.3 Å². The Labute approximate surface area is 239 Å². The van der Waals surface area contributed by atoms with E-state index >= 15 is 4.39 Å². The Kier molecular flexibility index (Phi) is 7.06. The molecule has 6 rings (SSSR count). The summed E-state index contributed by atoms with van der Waals surface area (Å²) in [4.78, 5) is 16.0. The summed E-state index contributed by atoms with van der Waals surface area (Å²) >= 11 is 0. The standard InChI is InChI=1S/C31H26FN6O2P/c1-3-21-24(41)11-8-17-13-20(39)14-22(25(17)21)28-27(32)29-26(23(35-28)7-5-4-6-12-33)30(37-31(36-29)40-2)38-15-18-9-10-19(16-38)34-18/h1,8,11,13-14,18-19,34,39H,4,6,9-10,15-16,41H2,2H3. The van der Waals surface area contributed by atoms with E-state index in [0.717, 1.165) is 18.1 Å². The predicted octanol–water partition coefficient (Wildman–Crippen LogP) is 3.78. The van der Waals surface area contributed by atoms with E-state index in [0.29, 0.717) is 64.7 Å². The molecule has 41 heavy (non-hydrogen) atoms. The number of nitrogens with one attached hydrogen (secondary N) is 1. The number of unbranched alkanes of at least 4 members (excludes halogenated alkanes) is 1. The molecule has 204 valence electrons. The van der Waals surface area contributed by atoms with Crippen LogP contribution in [0.2, 0.25) is 0 Å². The van der Waals surface area contributed by atoms with Crippen LogP contribution in [-0.2, 0) is 0 Å². The fraction of sp³-hybridized carbons (Fsp3) is 0.290. The number of piperazine rings is 1. The fourth-order valence-electron chi connectivity index (χ4n) is 5.77. The molecular formula is C31H26FN6O2P. The number of nitriles is 1. The van der Waals surface area contributed by atoms with E-state index in [2.05, 4.69) is 53.3 Å². The molecule has 2 aliphatic heterocycles. The summed E-state index contributed by atoms with van der Waals surface area (Å²) in [7, 11) is 4.04. The maximum Gasteiger partial charge on any atom is 0.318 e. The van der Waals surface area contributed by atoms with Gasteiger partial charge in [-0.15, -0.1) is 15.7 Å². The van der Waals surface area contributed by atoms with Crippen LogP contribution in [0.1, 0.15) is 36.9 Å². The number of terminal acetylenes is 1. The van der Waals surface area contributed by atoms with Crippen molar-refractivity contribution in [3.05, 3.63) is 41.3 Å². The molecule has 2 bridgehead atoms. The van der Waals surface area contributed by atoms with Gasteiger partial charge in [-0.25, -0.2) is 9.37 Å². The lowest BCUT2D eigenvalue weighted by atomic mass is 9.95. The molecule has 0 amide bonds. The highest BCUT2D eigenvalue weighted by atomic mass is 31.0. The van der Waals surface area contributed by atoms with E-state index in [4.69, 9.17) is 21.4 Å². The number of benzene rings is 2. The van der Waals surface area contributed by atoms with Gasteiger partial charge in [0.1, 0.15) is 28.5 Å². The van der Waals surface area contributed by atoms with E-state index < -0.39 is 5.82 Å². The zero-order valence-electron chi connectivity index (χ0n) is 22.3. The number of phenols is 1. The number of pyridine rings is 1. The van der Waals surface area contributed by atoms with Crippen LogP contribution >= 0.6 is 9.24 Å². The molecule has 0 radical (unpaired) electrons. The number of halogens is 1. The molecule has 4 aromatic rings. The van der Waals surface area contributed by atoms with Gasteiger partial charge in [0.05, 0.1) is 18.6 Å². The first kappa shape index (κ1) is 26.7. The van der Waals surface area contributed by atoms with Crippen LogP contribution in [0.5, 0.6) is 11.8 Å². The topological polar surface area (TPSA) is 107 Å². The molecule has 0 spiro atoms. The van der Waals surface area contributed by atoms with Crippen LogP contribution in [0, 0.1) is 41.3 Å². The largest absolute Gasteiger partial charge is 0.508 e. The summed E-state index contributed by atoms with van der Waals surface area (Å²) in [6.07, 6.45) is 8.56. The third-order valence-corrected chi connectivity index (χ3v) is 8.03. The minimum atomic E-state index is -0.702. The van der Waals surface area contributed by atoms with Gasteiger partial charge in [-0.05, 0) is 41.6 Å². The third kappa shape index (κ3) is 4.76. The molecule has 0 saturated carbocycles.